The highest BCUT2D eigenvalue weighted by molar-refractivity contribution is 7.09. The van der Waals surface area contributed by atoms with Crippen molar-refractivity contribution in [2.75, 3.05) is 26.2 Å². The van der Waals surface area contributed by atoms with Crippen LogP contribution in [0.3, 0.4) is 0 Å². The minimum atomic E-state index is -0.534. The molecule has 0 bridgehead atoms. The number of hydrogen-bond acceptors (Lipinski definition) is 6. The summed E-state index contributed by atoms with van der Waals surface area (Å²) in [5.74, 6) is -0.0784. The Bertz CT molecular complexity index is 1110. The quantitative estimate of drug-likeness (QED) is 0.598. The third-order valence-corrected chi connectivity index (χ3v) is 6.25. The molecule has 2 aromatic carbocycles. The lowest BCUT2D eigenvalue weighted by Crippen LogP contribution is -2.48. The fourth-order valence-electron chi connectivity index (χ4n) is 3.75. The third-order valence-electron chi connectivity index (χ3n) is 5.43. The summed E-state index contributed by atoms with van der Waals surface area (Å²) in [5.41, 5.74) is 8.33. The van der Waals surface area contributed by atoms with E-state index < -0.39 is 5.91 Å². The number of benzene rings is 2. The molecule has 2 N–H and O–H groups in total. The highest BCUT2D eigenvalue weighted by Gasteiger charge is 2.23. The Kier molecular flexibility index (Phi) is 6.82. The normalized spacial score (nSPS) is 14.3. The predicted molar refractivity (Wildman–Crippen MR) is 124 cm³/mol. The Balaban J connectivity index is 1.34. The summed E-state index contributed by atoms with van der Waals surface area (Å²) in [6, 6.07) is 14.3. The molecule has 0 saturated carbocycles. The van der Waals surface area contributed by atoms with Crippen LogP contribution in [-0.2, 0) is 13.2 Å². The zero-order valence-electron chi connectivity index (χ0n) is 18.0. The maximum atomic E-state index is 13.0. The van der Waals surface area contributed by atoms with E-state index >= 15 is 0 Å². The second-order valence-corrected chi connectivity index (χ2v) is 8.84. The Hall–Kier alpha value is -3.23. The maximum absolute atomic E-state index is 13.0. The van der Waals surface area contributed by atoms with Crippen molar-refractivity contribution in [3.63, 3.8) is 0 Å². The molecule has 8 heteroatoms. The fraction of sp³-hybridized carbons (Fsp3) is 0.292. The van der Waals surface area contributed by atoms with Crippen LogP contribution in [0.4, 0.5) is 0 Å². The molecule has 166 valence electrons. The number of rotatable bonds is 7. The van der Waals surface area contributed by atoms with Gasteiger partial charge in [-0.15, -0.1) is 11.3 Å². The zero-order chi connectivity index (χ0) is 22.5. The van der Waals surface area contributed by atoms with Crippen molar-refractivity contribution in [2.24, 2.45) is 5.73 Å². The topological polar surface area (TPSA) is 88.8 Å². The van der Waals surface area contributed by atoms with E-state index in [1.807, 2.05) is 36.1 Å². The number of thiazole rings is 1. The van der Waals surface area contributed by atoms with Crippen molar-refractivity contribution >= 4 is 23.2 Å². The number of ether oxygens (including phenoxy) is 1. The minimum absolute atomic E-state index is 0.0218. The zero-order valence-corrected chi connectivity index (χ0v) is 18.8. The first-order valence-electron chi connectivity index (χ1n) is 10.5. The lowest BCUT2D eigenvalue weighted by Gasteiger charge is -2.34. The number of nitrogens with zero attached hydrogens (tertiary/aromatic N) is 3. The van der Waals surface area contributed by atoms with Crippen molar-refractivity contribution in [2.45, 2.75) is 20.1 Å². The number of carbonyl (C=O) groups is 2. The molecule has 2 amide bonds. The number of primary amides is 1. The molecule has 32 heavy (non-hydrogen) atoms. The average Bonchev–Trinajstić information content (AvgIpc) is 3.22. The van der Waals surface area contributed by atoms with Gasteiger partial charge in [0.1, 0.15) is 12.4 Å². The van der Waals surface area contributed by atoms with Gasteiger partial charge in [-0.05, 0) is 36.8 Å². The Morgan fingerprint density at radius 3 is 2.59 bits per heavy atom. The van der Waals surface area contributed by atoms with Crippen molar-refractivity contribution in [3.05, 3.63) is 81.3 Å². The molecule has 1 fully saturated rings. The first-order chi connectivity index (χ1) is 15.5. The second-order valence-electron chi connectivity index (χ2n) is 7.78. The molecule has 0 radical (unpaired) electrons. The van der Waals surface area contributed by atoms with Gasteiger partial charge >= 0.3 is 0 Å². The largest absolute Gasteiger partial charge is 0.488 e. The number of aromatic nitrogens is 1. The molecule has 0 spiro atoms. The van der Waals surface area contributed by atoms with Crippen LogP contribution in [0, 0.1) is 6.92 Å². The van der Waals surface area contributed by atoms with Gasteiger partial charge in [-0.3, -0.25) is 14.5 Å². The van der Waals surface area contributed by atoms with Gasteiger partial charge in [0, 0.05) is 43.7 Å². The van der Waals surface area contributed by atoms with E-state index in [2.05, 4.69) is 15.3 Å². The van der Waals surface area contributed by atoms with Gasteiger partial charge in [-0.2, -0.15) is 0 Å². The summed E-state index contributed by atoms with van der Waals surface area (Å²) in [6.07, 6.45) is 0. The number of nitrogens with two attached hydrogens (primary N) is 1. The summed E-state index contributed by atoms with van der Waals surface area (Å²) in [4.78, 5) is 33.4. The summed E-state index contributed by atoms with van der Waals surface area (Å²) in [6.45, 7) is 6.12. The summed E-state index contributed by atoms with van der Waals surface area (Å²) >= 11 is 1.67. The molecule has 2 heterocycles. The second kappa shape index (κ2) is 9.93. The van der Waals surface area contributed by atoms with Gasteiger partial charge in [0.15, 0.2) is 0 Å². The monoisotopic (exact) mass is 450 g/mol. The SMILES string of the molecule is Cc1nc(CN2CCN(C(=O)c3cccc(COc4ccccc4C(N)=O)c3)CC2)cs1. The van der Waals surface area contributed by atoms with Crippen molar-refractivity contribution < 1.29 is 14.3 Å². The van der Waals surface area contributed by atoms with Crippen molar-refractivity contribution in [1.82, 2.24) is 14.8 Å². The fourth-order valence-corrected chi connectivity index (χ4v) is 4.36. The summed E-state index contributed by atoms with van der Waals surface area (Å²) in [7, 11) is 0. The molecular weight excluding hydrogens is 424 g/mol. The number of aryl methyl sites for hydroxylation is 1. The lowest BCUT2D eigenvalue weighted by molar-refractivity contribution is 0.0627. The Labute approximate surface area is 191 Å². The molecule has 0 aliphatic carbocycles. The molecule has 1 aliphatic heterocycles. The minimum Gasteiger partial charge on any atom is -0.488 e. The highest BCUT2D eigenvalue weighted by Crippen LogP contribution is 2.20. The maximum Gasteiger partial charge on any atom is 0.253 e. The number of hydrogen-bond donors (Lipinski definition) is 1. The number of piperazine rings is 1. The van der Waals surface area contributed by atoms with Gasteiger partial charge in [0.25, 0.3) is 11.8 Å². The van der Waals surface area contributed by atoms with Crippen molar-refractivity contribution in [3.8, 4) is 5.75 Å². The highest BCUT2D eigenvalue weighted by atomic mass is 32.1. The first kappa shape index (κ1) is 22.0. The van der Waals surface area contributed by atoms with Crippen LogP contribution < -0.4 is 10.5 Å². The smallest absolute Gasteiger partial charge is 0.253 e. The molecule has 7 nitrogen and oxygen atoms in total. The van der Waals surface area contributed by atoms with E-state index in [0.29, 0.717) is 30.0 Å². The van der Waals surface area contributed by atoms with Crippen LogP contribution in [0.5, 0.6) is 5.75 Å². The number of amides is 2. The first-order valence-corrected chi connectivity index (χ1v) is 11.4. The molecule has 1 aromatic heterocycles. The van der Waals surface area contributed by atoms with E-state index in [9.17, 15) is 9.59 Å². The van der Waals surface area contributed by atoms with Crippen LogP contribution in [0.25, 0.3) is 0 Å². The van der Waals surface area contributed by atoms with E-state index in [1.165, 1.54) is 0 Å². The van der Waals surface area contributed by atoms with Crippen LogP contribution in [0.15, 0.2) is 53.9 Å². The van der Waals surface area contributed by atoms with E-state index in [-0.39, 0.29) is 12.5 Å². The third kappa shape index (κ3) is 5.33. The lowest BCUT2D eigenvalue weighted by atomic mass is 10.1. The summed E-state index contributed by atoms with van der Waals surface area (Å²) < 4.78 is 5.80. The van der Waals surface area contributed by atoms with E-state index in [0.717, 1.165) is 35.9 Å². The van der Waals surface area contributed by atoms with Gasteiger partial charge in [-0.1, -0.05) is 24.3 Å². The average molecular weight is 451 g/mol. The van der Waals surface area contributed by atoms with Crippen LogP contribution >= 0.6 is 11.3 Å². The van der Waals surface area contributed by atoms with Crippen molar-refractivity contribution in [1.29, 1.82) is 0 Å². The molecule has 4 rings (SSSR count). The van der Waals surface area contributed by atoms with Gasteiger partial charge in [-0.25, -0.2) is 4.98 Å². The molecule has 3 aromatic rings. The van der Waals surface area contributed by atoms with Crippen LogP contribution in [0.2, 0.25) is 0 Å². The molecule has 1 saturated heterocycles. The van der Waals surface area contributed by atoms with E-state index in [4.69, 9.17) is 10.5 Å². The van der Waals surface area contributed by atoms with Gasteiger partial charge in [0.05, 0.1) is 16.3 Å². The van der Waals surface area contributed by atoms with Crippen LogP contribution in [-0.4, -0.2) is 52.8 Å². The number of para-hydroxylation sites is 1. The molecule has 1 aliphatic rings. The van der Waals surface area contributed by atoms with Gasteiger partial charge in [0.2, 0.25) is 0 Å². The molecule has 0 unspecified atom stereocenters. The molecular formula is C24H26N4O3S. The predicted octanol–water partition coefficient (Wildman–Crippen LogP) is 3.09. The van der Waals surface area contributed by atoms with Crippen LogP contribution in [0.1, 0.15) is 37.0 Å². The standard InChI is InChI=1S/C24H26N4O3S/c1-17-26-20(16-32-17)14-27-9-11-28(12-10-27)24(30)19-6-4-5-18(13-19)15-31-22-8-3-2-7-21(22)23(25)29/h2-8,13,16H,9-12,14-15H2,1H3,(H2,25,29). The Morgan fingerprint density at radius 2 is 1.88 bits per heavy atom. The van der Waals surface area contributed by atoms with E-state index in [1.54, 1.807) is 35.6 Å². The summed E-state index contributed by atoms with van der Waals surface area (Å²) in [5, 5.41) is 3.18. The molecule has 0 atom stereocenters. The van der Waals surface area contributed by atoms with Gasteiger partial charge < -0.3 is 15.4 Å². The Morgan fingerprint density at radius 1 is 1.09 bits per heavy atom. The number of carbonyl (C=O) groups excluding carboxylic acids is 2.